The highest BCUT2D eigenvalue weighted by molar-refractivity contribution is 7.17. The molecule has 1 fully saturated rings. The number of aromatic nitrogens is 2. The molecule has 0 bridgehead atoms. The van der Waals surface area contributed by atoms with Gasteiger partial charge in [0.15, 0.2) is 0 Å². The molecule has 0 amide bonds. The van der Waals surface area contributed by atoms with Gasteiger partial charge >= 0.3 is 0 Å². The van der Waals surface area contributed by atoms with Crippen molar-refractivity contribution in [2.24, 2.45) is 0 Å². The molecule has 0 spiro atoms. The number of nitrogens with zero attached hydrogens (tertiary/aromatic N) is 2. The molecule has 1 unspecified atom stereocenters. The third kappa shape index (κ3) is 4.44. The molecule has 3 aromatic rings. The minimum Gasteiger partial charge on any atom is -0.379 e. The van der Waals surface area contributed by atoms with E-state index >= 15 is 0 Å². The molecule has 1 atom stereocenters. The Kier molecular flexibility index (Phi) is 5.63. The summed E-state index contributed by atoms with van der Waals surface area (Å²) in [5.74, 6) is 0.671. The monoisotopic (exact) mass is 384 g/mol. The fourth-order valence-corrected chi connectivity index (χ4v) is 4.08. The summed E-state index contributed by atoms with van der Waals surface area (Å²) >= 11 is 1.42. The molecular formula is C20H24N4O2S. The lowest BCUT2D eigenvalue weighted by atomic mass is 10.0. The molecule has 27 heavy (non-hydrogen) atoms. The maximum atomic E-state index is 12.2. The van der Waals surface area contributed by atoms with E-state index in [0.717, 1.165) is 38.4 Å². The number of fused-ring (bicyclic) bond motifs is 1. The van der Waals surface area contributed by atoms with E-state index in [1.165, 1.54) is 22.5 Å². The maximum Gasteiger partial charge on any atom is 0.268 e. The molecular weight excluding hydrogens is 360 g/mol. The van der Waals surface area contributed by atoms with Gasteiger partial charge in [0.05, 0.1) is 25.3 Å². The number of rotatable bonds is 6. The summed E-state index contributed by atoms with van der Waals surface area (Å²) in [6.45, 7) is 6.97. The zero-order chi connectivity index (χ0) is 18.6. The lowest BCUT2D eigenvalue weighted by Gasteiger charge is -2.31. The summed E-state index contributed by atoms with van der Waals surface area (Å²) in [6.07, 6.45) is 0. The number of ether oxygens (including phenoxy) is 1. The number of nitrogens with one attached hydrogen (secondary N) is 2. The Hall–Kier alpha value is -2.06. The first-order chi connectivity index (χ1) is 13.2. The summed E-state index contributed by atoms with van der Waals surface area (Å²) in [5.41, 5.74) is 3.19. The predicted molar refractivity (Wildman–Crippen MR) is 108 cm³/mol. The van der Waals surface area contributed by atoms with E-state index < -0.39 is 0 Å². The molecule has 1 saturated heterocycles. The molecule has 0 saturated carbocycles. The van der Waals surface area contributed by atoms with Crippen LogP contribution in [0, 0.1) is 6.92 Å². The minimum absolute atomic E-state index is 0.0631. The number of aryl methyl sites for hydroxylation is 1. The Morgan fingerprint density at radius 3 is 2.81 bits per heavy atom. The number of aromatic amines is 1. The van der Waals surface area contributed by atoms with E-state index in [-0.39, 0.29) is 11.6 Å². The summed E-state index contributed by atoms with van der Waals surface area (Å²) in [4.78, 5) is 22.1. The van der Waals surface area contributed by atoms with Gasteiger partial charge in [0.25, 0.3) is 5.56 Å². The smallest absolute Gasteiger partial charge is 0.268 e. The van der Waals surface area contributed by atoms with Crippen LogP contribution >= 0.6 is 11.3 Å². The zero-order valence-corrected chi connectivity index (χ0v) is 16.2. The topological polar surface area (TPSA) is 70.2 Å². The van der Waals surface area contributed by atoms with Gasteiger partial charge in [-0.2, -0.15) is 0 Å². The lowest BCUT2D eigenvalue weighted by molar-refractivity contribution is 0.0333. The van der Waals surface area contributed by atoms with Gasteiger partial charge in [0.2, 0.25) is 0 Å². The van der Waals surface area contributed by atoms with Crippen LogP contribution in [0.15, 0.2) is 40.5 Å². The third-order valence-corrected chi connectivity index (χ3v) is 5.81. The standard InChI is InChI=1S/C20H24N4O2S/c1-14-2-4-15(5-3-14)17(13-24-7-9-26-10-8-24)21-12-18-22-16-6-11-27-19(16)20(25)23-18/h2-6,11,17,21H,7-10,12-13H2,1H3,(H,22,23,25). The van der Waals surface area contributed by atoms with Crippen LogP contribution in [0.5, 0.6) is 0 Å². The van der Waals surface area contributed by atoms with Gasteiger partial charge in [-0.05, 0) is 23.9 Å². The molecule has 2 N–H and O–H groups in total. The number of benzene rings is 1. The number of hydrogen-bond donors (Lipinski definition) is 2. The van der Waals surface area contributed by atoms with E-state index in [9.17, 15) is 4.79 Å². The SMILES string of the molecule is Cc1ccc(C(CN2CCOCC2)NCc2nc3ccsc3c(=O)[nH]2)cc1. The van der Waals surface area contributed by atoms with E-state index in [1.807, 2.05) is 11.4 Å². The van der Waals surface area contributed by atoms with E-state index in [1.54, 1.807) is 0 Å². The Bertz CT molecular complexity index is 945. The van der Waals surface area contributed by atoms with Gasteiger partial charge < -0.3 is 15.0 Å². The van der Waals surface area contributed by atoms with Gasteiger partial charge in [-0.25, -0.2) is 4.98 Å². The van der Waals surface area contributed by atoms with Crippen molar-refractivity contribution in [2.75, 3.05) is 32.8 Å². The molecule has 2 aromatic heterocycles. The first kappa shape index (κ1) is 18.3. The molecule has 0 aliphatic carbocycles. The Balaban J connectivity index is 1.52. The normalized spacial score (nSPS) is 16.6. The second-order valence-electron chi connectivity index (χ2n) is 6.90. The van der Waals surface area contributed by atoms with Crippen molar-refractivity contribution in [3.63, 3.8) is 0 Å². The fourth-order valence-electron chi connectivity index (χ4n) is 3.35. The van der Waals surface area contributed by atoms with Gasteiger partial charge in [-0.3, -0.25) is 9.69 Å². The highest BCUT2D eigenvalue weighted by Gasteiger charge is 2.18. The summed E-state index contributed by atoms with van der Waals surface area (Å²) in [7, 11) is 0. The maximum absolute atomic E-state index is 12.2. The quantitative estimate of drug-likeness (QED) is 0.683. The average Bonchev–Trinajstić information content (AvgIpc) is 3.16. The number of thiophene rings is 1. The zero-order valence-electron chi connectivity index (χ0n) is 15.4. The fraction of sp³-hybridized carbons (Fsp3) is 0.400. The van der Waals surface area contributed by atoms with Crippen molar-refractivity contribution in [3.8, 4) is 0 Å². The van der Waals surface area contributed by atoms with Crippen molar-refractivity contribution in [1.29, 1.82) is 0 Å². The molecule has 1 aromatic carbocycles. The van der Waals surface area contributed by atoms with Gasteiger partial charge in [0.1, 0.15) is 10.5 Å². The van der Waals surface area contributed by atoms with Crippen LogP contribution in [-0.4, -0.2) is 47.7 Å². The molecule has 1 aliphatic rings. The van der Waals surface area contributed by atoms with E-state index in [4.69, 9.17) is 4.74 Å². The third-order valence-electron chi connectivity index (χ3n) is 4.90. The lowest BCUT2D eigenvalue weighted by Crippen LogP contribution is -2.42. The van der Waals surface area contributed by atoms with E-state index in [2.05, 4.69) is 51.4 Å². The summed E-state index contributed by atoms with van der Waals surface area (Å²) < 4.78 is 6.15. The number of H-pyrrole nitrogens is 1. The average molecular weight is 385 g/mol. The molecule has 1 aliphatic heterocycles. The molecule has 6 nitrogen and oxygen atoms in total. The first-order valence-corrected chi connectivity index (χ1v) is 10.1. The first-order valence-electron chi connectivity index (χ1n) is 9.25. The summed E-state index contributed by atoms with van der Waals surface area (Å²) in [5, 5.41) is 5.49. The molecule has 7 heteroatoms. The van der Waals surface area contributed by atoms with Gasteiger partial charge in [0, 0.05) is 25.7 Å². The Labute approximate surface area is 162 Å². The van der Waals surface area contributed by atoms with E-state index in [0.29, 0.717) is 17.1 Å². The van der Waals surface area contributed by atoms with Crippen LogP contribution in [0.3, 0.4) is 0 Å². The van der Waals surface area contributed by atoms with Crippen LogP contribution in [0.2, 0.25) is 0 Å². The van der Waals surface area contributed by atoms with Crippen molar-refractivity contribution < 1.29 is 4.74 Å². The van der Waals surface area contributed by atoms with Crippen LogP contribution < -0.4 is 10.9 Å². The molecule has 142 valence electrons. The van der Waals surface area contributed by atoms with Crippen molar-refractivity contribution in [2.45, 2.75) is 19.5 Å². The largest absolute Gasteiger partial charge is 0.379 e. The Morgan fingerprint density at radius 1 is 1.26 bits per heavy atom. The van der Waals surface area contributed by atoms with Gasteiger partial charge in [-0.15, -0.1) is 11.3 Å². The van der Waals surface area contributed by atoms with Crippen molar-refractivity contribution in [3.05, 3.63) is 63.0 Å². The number of morpholine rings is 1. The van der Waals surface area contributed by atoms with Gasteiger partial charge in [-0.1, -0.05) is 29.8 Å². The summed E-state index contributed by atoms with van der Waals surface area (Å²) in [6, 6.07) is 10.7. The predicted octanol–water partition coefficient (Wildman–Crippen LogP) is 2.46. The van der Waals surface area contributed by atoms with Crippen LogP contribution in [0.4, 0.5) is 0 Å². The molecule has 0 radical (unpaired) electrons. The molecule has 4 rings (SSSR count). The number of hydrogen-bond acceptors (Lipinski definition) is 6. The minimum atomic E-state index is -0.0631. The van der Waals surface area contributed by atoms with Crippen molar-refractivity contribution in [1.82, 2.24) is 20.2 Å². The molecule has 3 heterocycles. The second-order valence-corrected chi connectivity index (χ2v) is 7.82. The van der Waals surface area contributed by atoms with Crippen LogP contribution in [-0.2, 0) is 11.3 Å². The van der Waals surface area contributed by atoms with Crippen LogP contribution in [0.1, 0.15) is 23.0 Å². The highest BCUT2D eigenvalue weighted by atomic mass is 32.1. The Morgan fingerprint density at radius 2 is 2.04 bits per heavy atom. The highest BCUT2D eigenvalue weighted by Crippen LogP contribution is 2.18. The van der Waals surface area contributed by atoms with Crippen molar-refractivity contribution >= 4 is 21.6 Å². The van der Waals surface area contributed by atoms with Crippen LogP contribution in [0.25, 0.3) is 10.2 Å². The second kappa shape index (κ2) is 8.31.